The van der Waals surface area contributed by atoms with Crippen molar-refractivity contribution in [2.24, 2.45) is 0 Å². The van der Waals surface area contributed by atoms with E-state index in [4.69, 9.17) is 0 Å². The van der Waals surface area contributed by atoms with Crippen molar-refractivity contribution in [1.82, 2.24) is 0 Å². The second kappa shape index (κ2) is 16.8. The number of nitro groups is 2. The fourth-order valence-electron chi connectivity index (χ4n) is 2.91. The maximum atomic E-state index is 11.3. The molecule has 0 aromatic carbocycles. The Labute approximate surface area is 171 Å². The van der Waals surface area contributed by atoms with Gasteiger partial charge in [0.2, 0.25) is 12.1 Å². The van der Waals surface area contributed by atoms with Crippen LogP contribution in [0.1, 0.15) is 71.1 Å². The van der Waals surface area contributed by atoms with E-state index in [-0.39, 0.29) is 25.7 Å². The lowest BCUT2D eigenvalue weighted by molar-refractivity contribution is -0.553. The molecule has 0 aliphatic carbocycles. The van der Waals surface area contributed by atoms with Gasteiger partial charge in [0.25, 0.3) is 0 Å². The summed E-state index contributed by atoms with van der Waals surface area (Å²) < 4.78 is 0. The smallest absolute Gasteiger partial charge is 0.242 e. The zero-order valence-electron chi connectivity index (χ0n) is 17.1. The zero-order chi connectivity index (χ0) is 22.1. The highest BCUT2D eigenvalue weighted by Gasteiger charge is 2.38. The van der Waals surface area contributed by atoms with Crippen molar-refractivity contribution in [2.75, 3.05) is 0 Å². The summed E-state index contributed by atoms with van der Waals surface area (Å²) in [6, 6.07) is -2.90. The number of allylic oxidation sites excluding steroid dienone is 3. The van der Waals surface area contributed by atoms with Crippen molar-refractivity contribution in [3.05, 3.63) is 44.5 Å². The number of hydrogen-bond donors (Lipinski definition) is 2. The molecule has 0 aromatic rings. The lowest BCUT2D eigenvalue weighted by Crippen LogP contribution is -2.42. The lowest BCUT2D eigenvalue weighted by Gasteiger charge is -2.20. The minimum Gasteiger partial charge on any atom is -0.386 e. The Morgan fingerprint density at radius 2 is 1.52 bits per heavy atom. The number of aliphatic hydroxyl groups excluding tert-OH is 2. The first-order valence-electron chi connectivity index (χ1n) is 10.2. The normalized spacial score (nSPS) is 16.0. The molecule has 29 heavy (non-hydrogen) atoms. The van der Waals surface area contributed by atoms with Gasteiger partial charge in [-0.2, -0.15) is 0 Å². The Morgan fingerprint density at radius 1 is 0.862 bits per heavy atom. The predicted octanol–water partition coefficient (Wildman–Crippen LogP) is 3.23. The topological polar surface area (TPSA) is 144 Å². The molecule has 4 atom stereocenters. The van der Waals surface area contributed by atoms with Crippen molar-refractivity contribution >= 4 is 6.29 Å². The zero-order valence-corrected chi connectivity index (χ0v) is 17.1. The third-order valence-electron chi connectivity index (χ3n) is 4.69. The SMILES string of the molecule is CCCCC/C=C\C/C=C\CC(C(O)CC(C(O)CCCC=O)[N+](=O)[O-])[N+](=O)[O-]. The third-order valence-corrected chi connectivity index (χ3v) is 4.69. The summed E-state index contributed by atoms with van der Waals surface area (Å²) in [4.78, 5) is 31.4. The second-order valence-corrected chi connectivity index (χ2v) is 7.08. The maximum absolute atomic E-state index is 11.3. The standard InChI is InChI=1S/C20H34N2O7/c1-2-3-4-5-6-7-8-9-10-13-17(21(26)27)20(25)16-18(22(28)29)19(24)14-11-12-15-23/h6-7,9-10,15,17-20,24-25H,2-5,8,11-14,16H2,1H3/b7-6-,10-9-. The molecule has 166 valence electrons. The average molecular weight is 414 g/mol. The maximum Gasteiger partial charge on any atom is 0.242 e. The van der Waals surface area contributed by atoms with Crippen LogP contribution in [0.5, 0.6) is 0 Å². The number of hydrogen-bond acceptors (Lipinski definition) is 7. The summed E-state index contributed by atoms with van der Waals surface area (Å²) in [6.07, 6.45) is 10.1. The fraction of sp³-hybridized carbons (Fsp3) is 0.750. The van der Waals surface area contributed by atoms with Gasteiger partial charge in [0.15, 0.2) is 0 Å². The minimum atomic E-state index is -1.56. The van der Waals surface area contributed by atoms with Crippen LogP contribution in [0.2, 0.25) is 0 Å². The minimum absolute atomic E-state index is 0.0186. The molecule has 0 amide bonds. The molecule has 0 saturated carbocycles. The number of aliphatic hydroxyl groups is 2. The first-order chi connectivity index (χ1) is 13.8. The molecule has 9 nitrogen and oxygen atoms in total. The molecule has 0 aliphatic rings. The Bertz CT molecular complexity index is 537. The van der Waals surface area contributed by atoms with Crippen LogP contribution in [0.4, 0.5) is 0 Å². The Hall–Kier alpha value is -2.13. The number of unbranched alkanes of at least 4 members (excludes halogenated alkanes) is 4. The summed E-state index contributed by atoms with van der Waals surface area (Å²) in [5.41, 5.74) is 0. The van der Waals surface area contributed by atoms with E-state index < -0.39 is 40.6 Å². The van der Waals surface area contributed by atoms with Gasteiger partial charge < -0.3 is 15.0 Å². The van der Waals surface area contributed by atoms with E-state index in [1.807, 2.05) is 6.08 Å². The summed E-state index contributed by atoms with van der Waals surface area (Å²) >= 11 is 0. The van der Waals surface area contributed by atoms with E-state index in [1.54, 1.807) is 12.2 Å². The quantitative estimate of drug-likeness (QED) is 0.115. The molecule has 0 radical (unpaired) electrons. The van der Waals surface area contributed by atoms with Gasteiger partial charge in [-0.1, -0.05) is 44.1 Å². The molecule has 0 fully saturated rings. The molecule has 0 heterocycles. The molecule has 0 aromatic heterocycles. The summed E-state index contributed by atoms with van der Waals surface area (Å²) in [5, 5.41) is 42.6. The Kier molecular flexibility index (Phi) is 15.6. The van der Waals surface area contributed by atoms with Crippen LogP contribution >= 0.6 is 0 Å². The van der Waals surface area contributed by atoms with Crippen molar-refractivity contribution in [3.8, 4) is 0 Å². The van der Waals surface area contributed by atoms with Crippen molar-refractivity contribution in [1.29, 1.82) is 0 Å². The number of aldehydes is 1. The lowest BCUT2D eigenvalue weighted by atomic mass is 9.95. The predicted molar refractivity (Wildman–Crippen MR) is 110 cm³/mol. The largest absolute Gasteiger partial charge is 0.386 e. The van der Waals surface area contributed by atoms with E-state index in [9.17, 15) is 35.2 Å². The summed E-state index contributed by atoms with van der Waals surface area (Å²) in [5.74, 6) is 0. The molecule has 0 rings (SSSR count). The fourth-order valence-corrected chi connectivity index (χ4v) is 2.91. The van der Waals surface area contributed by atoms with Crippen LogP contribution in [0.25, 0.3) is 0 Å². The Balaban J connectivity index is 4.63. The van der Waals surface area contributed by atoms with Crippen LogP contribution in [-0.4, -0.2) is 50.6 Å². The first-order valence-corrected chi connectivity index (χ1v) is 10.2. The van der Waals surface area contributed by atoms with E-state index in [0.717, 1.165) is 19.3 Å². The average Bonchev–Trinajstić information content (AvgIpc) is 2.67. The third kappa shape index (κ3) is 12.8. The summed E-state index contributed by atoms with van der Waals surface area (Å²) in [7, 11) is 0. The highest BCUT2D eigenvalue weighted by atomic mass is 16.6. The molecule has 0 spiro atoms. The van der Waals surface area contributed by atoms with Crippen LogP contribution in [-0.2, 0) is 4.79 Å². The van der Waals surface area contributed by atoms with Gasteiger partial charge in [0.05, 0.1) is 6.42 Å². The van der Waals surface area contributed by atoms with Crippen LogP contribution in [0, 0.1) is 20.2 Å². The second-order valence-electron chi connectivity index (χ2n) is 7.08. The monoisotopic (exact) mass is 414 g/mol. The van der Waals surface area contributed by atoms with Crippen molar-refractivity contribution < 1.29 is 24.9 Å². The molecular formula is C20H34N2O7. The van der Waals surface area contributed by atoms with Crippen molar-refractivity contribution in [2.45, 2.75) is 95.4 Å². The number of rotatable bonds is 18. The van der Waals surface area contributed by atoms with E-state index in [0.29, 0.717) is 12.7 Å². The number of nitrogens with zero attached hydrogens (tertiary/aromatic N) is 2. The van der Waals surface area contributed by atoms with Gasteiger partial charge >= 0.3 is 0 Å². The van der Waals surface area contributed by atoms with E-state index in [1.165, 1.54) is 6.42 Å². The van der Waals surface area contributed by atoms with Crippen LogP contribution in [0.3, 0.4) is 0 Å². The molecule has 0 aliphatic heterocycles. The van der Waals surface area contributed by atoms with Gasteiger partial charge in [0.1, 0.15) is 18.5 Å². The van der Waals surface area contributed by atoms with E-state index >= 15 is 0 Å². The molecule has 0 saturated heterocycles. The van der Waals surface area contributed by atoms with Crippen LogP contribution in [0.15, 0.2) is 24.3 Å². The van der Waals surface area contributed by atoms with Crippen LogP contribution < -0.4 is 0 Å². The van der Waals surface area contributed by atoms with E-state index in [2.05, 4.69) is 13.0 Å². The van der Waals surface area contributed by atoms with Crippen molar-refractivity contribution in [3.63, 3.8) is 0 Å². The van der Waals surface area contributed by atoms with Gasteiger partial charge in [-0.15, -0.1) is 0 Å². The van der Waals surface area contributed by atoms with Gasteiger partial charge in [-0.3, -0.25) is 20.2 Å². The molecule has 9 heteroatoms. The van der Waals surface area contributed by atoms with Gasteiger partial charge in [-0.25, -0.2) is 0 Å². The Morgan fingerprint density at radius 3 is 2.10 bits per heavy atom. The van der Waals surface area contributed by atoms with Gasteiger partial charge in [-0.05, 0) is 32.1 Å². The number of carbonyl (C=O) groups is 1. The van der Waals surface area contributed by atoms with Gasteiger partial charge in [0, 0.05) is 22.7 Å². The summed E-state index contributed by atoms with van der Waals surface area (Å²) in [6.45, 7) is 2.13. The molecule has 4 unspecified atom stereocenters. The molecular weight excluding hydrogens is 380 g/mol. The first kappa shape index (κ1) is 26.9. The molecule has 0 bridgehead atoms. The number of carbonyl (C=O) groups excluding carboxylic acids is 1. The highest BCUT2D eigenvalue weighted by Crippen LogP contribution is 2.17. The highest BCUT2D eigenvalue weighted by molar-refractivity contribution is 5.48. The molecule has 2 N–H and O–H groups in total.